The predicted molar refractivity (Wildman–Crippen MR) is 117 cm³/mol. The third kappa shape index (κ3) is 3.55. The summed E-state index contributed by atoms with van der Waals surface area (Å²) in [5, 5.41) is 8.55. The lowest BCUT2D eigenvalue weighted by Gasteiger charge is -2.32. The zero-order valence-electron chi connectivity index (χ0n) is 17.9. The van der Waals surface area contributed by atoms with E-state index in [1.54, 1.807) is 22.6 Å². The summed E-state index contributed by atoms with van der Waals surface area (Å²) in [5.74, 6) is 5.65. The van der Waals surface area contributed by atoms with Crippen molar-refractivity contribution in [2.45, 2.75) is 32.9 Å². The third-order valence-corrected chi connectivity index (χ3v) is 5.92. The summed E-state index contributed by atoms with van der Waals surface area (Å²) in [7, 11) is 0. The average molecular weight is 453 g/mol. The normalized spacial score (nSPS) is 14.3. The van der Waals surface area contributed by atoms with Gasteiger partial charge in [0.25, 0.3) is 5.78 Å². The van der Waals surface area contributed by atoms with E-state index in [0.29, 0.717) is 41.0 Å². The standard InChI is InChI=1S/C24H19F4N5/c1-23(2,24(26,27)28)11-10-15-5-3-7-19-17(15)6-4-12-32(19)21-18-13-16(25)8-9-20(18)33-14-29-31-22(33)30-21/h3,5,7-9,13-14H,4,6,12H2,1-2H3. The molecule has 0 saturated heterocycles. The van der Waals surface area contributed by atoms with Gasteiger partial charge in [-0.25, -0.2) is 4.39 Å². The monoisotopic (exact) mass is 453 g/mol. The molecule has 5 rings (SSSR count). The zero-order valence-corrected chi connectivity index (χ0v) is 17.9. The minimum absolute atomic E-state index is 0.374. The van der Waals surface area contributed by atoms with Crippen LogP contribution in [0, 0.1) is 23.1 Å². The Morgan fingerprint density at radius 3 is 2.70 bits per heavy atom. The van der Waals surface area contributed by atoms with Gasteiger partial charge in [-0.3, -0.25) is 4.40 Å². The first-order chi connectivity index (χ1) is 15.7. The number of aromatic nitrogens is 4. The Labute approximate surface area is 187 Å². The SMILES string of the molecule is CC(C)(C#Cc1cccc2c1CCCN2c1nc2nncn2c2ccc(F)cc12)C(F)(F)F. The summed E-state index contributed by atoms with van der Waals surface area (Å²) in [5.41, 5.74) is 0.768. The van der Waals surface area contributed by atoms with E-state index < -0.39 is 17.4 Å². The van der Waals surface area contributed by atoms with Gasteiger partial charge in [0.15, 0.2) is 0 Å². The van der Waals surface area contributed by atoms with Crippen molar-refractivity contribution in [3.8, 4) is 11.8 Å². The predicted octanol–water partition coefficient (Wildman–Crippen LogP) is 5.44. The molecular weight excluding hydrogens is 434 g/mol. The topological polar surface area (TPSA) is 46.3 Å². The fourth-order valence-electron chi connectivity index (χ4n) is 3.99. The molecule has 1 aliphatic rings. The Hall–Kier alpha value is -3.67. The van der Waals surface area contributed by atoms with Crippen LogP contribution in [0.15, 0.2) is 42.7 Å². The van der Waals surface area contributed by atoms with Crippen LogP contribution in [0.2, 0.25) is 0 Å². The second kappa shape index (κ2) is 7.44. The number of anilines is 2. The molecule has 3 heterocycles. The van der Waals surface area contributed by atoms with Crippen LogP contribution in [0.5, 0.6) is 0 Å². The average Bonchev–Trinajstić information content (AvgIpc) is 3.24. The highest BCUT2D eigenvalue weighted by molar-refractivity contribution is 5.94. The lowest BCUT2D eigenvalue weighted by atomic mass is 9.91. The third-order valence-electron chi connectivity index (χ3n) is 5.92. The van der Waals surface area contributed by atoms with Crippen molar-refractivity contribution in [3.05, 3.63) is 59.7 Å². The number of rotatable bonds is 1. The van der Waals surface area contributed by atoms with E-state index >= 15 is 0 Å². The number of halogens is 4. The fourth-order valence-corrected chi connectivity index (χ4v) is 3.99. The first kappa shape index (κ1) is 21.2. The van der Waals surface area contributed by atoms with Crippen LogP contribution >= 0.6 is 0 Å². The van der Waals surface area contributed by atoms with Crippen molar-refractivity contribution in [1.29, 1.82) is 0 Å². The Kier molecular flexibility index (Phi) is 4.78. The van der Waals surface area contributed by atoms with Crippen molar-refractivity contribution in [3.63, 3.8) is 0 Å². The molecule has 2 aromatic carbocycles. The fraction of sp³-hybridized carbons (Fsp3) is 0.292. The van der Waals surface area contributed by atoms with E-state index in [2.05, 4.69) is 27.0 Å². The molecule has 33 heavy (non-hydrogen) atoms. The molecule has 0 bridgehead atoms. The Bertz CT molecular complexity index is 1440. The van der Waals surface area contributed by atoms with Gasteiger partial charge in [-0.2, -0.15) is 18.2 Å². The van der Waals surface area contributed by atoms with Gasteiger partial charge in [-0.05, 0) is 62.6 Å². The molecule has 1 aliphatic heterocycles. The van der Waals surface area contributed by atoms with E-state index in [1.807, 2.05) is 11.0 Å². The summed E-state index contributed by atoms with van der Waals surface area (Å²) in [4.78, 5) is 6.59. The van der Waals surface area contributed by atoms with Crippen molar-refractivity contribution >= 4 is 28.2 Å². The van der Waals surface area contributed by atoms with Crippen molar-refractivity contribution < 1.29 is 17.6 Å². The summed E-state index contributed by atoms with van der Waals surface area (Å²) in [6, 6.07) is 9.81. The van der Waals surface area contributed by atoms with Gasteiger partial charge in [-0.1, -0.05) is 17.9 Å². The number of hydrogen-bond donors (Lipinski definition) is 0. The number of alkyl halides is 3. The van der Waals surface area contributed by atoms with Crippen molar-refractivity contribution in [2.24, 2.45) is 5.41 Å². The number of fused-ring (bicyclic) bond motifs is 4. The van der Waals surface area contributed by atoms with Crippen LogP contribution in [-0.2, 0) is 6.42 Å². The molecule has 0 radical (unpaired) electrons. The lowest BCUT2D eigenvalue weighted by Crippen LogP contribution is -2.30. The van der Waals surface area contributed by atoms with Gasteiger partial charge in [0.1, 0.15) is 23.4 Å². The smallest absolute Gasteiger partial charge is 0.325 e. The summed E-state index contributed by atoms with van der Waals surface area (Å²) in [6.45, 7) is 2.75. The van der Waals surface area contributed by atoms with Gasteiger partial charge < -0.3 is 4.90 Å². The lowest BCUT2D eigenvalue weighted by molar-refractivity contribution is -0.190. The summed E-state index contributed by atoms with van der Waals surface area (Å²) in [6.07, 6.45) is -1.50. The molecule has 2 aromatic heterocycles. The molecule has 0 aliphatic carbocycles. The highest BCUT2D eigenvalue weighted by Gasteiger charge is 2.46. The molecule has 0 spiro atoms. The minimum Gasteiger partial charge on any atom is -0.325 e. The zero-order chi connectivity index (χ0) is 23.4. The highest BCUT2D eigenvalue weighted by Crippen LogP contribution is 2.39. The Morgan fingerprint density at radius 1 is 1.09 bits per heavy atom. The molecule has 0 amide bonds. The summed E-state index contributed by atoms with van der Waals surface area (Å²) >= 11 is 0. The molecule has 9 heteroatoms. The van der Waals surface area contributed by atoms with E-state index in [-0.39, 0.29) is 0 Å². The van der Waals surface area contributed by atoms with E-state index in [9.17, 15) is 17.6 Å². The highest BCUT2D eigenvalue weighted by atomic mass is 19.4. The maximum Gasteiger partial charge on any atom is 0.404 e. The second-order valence-corrected chi connectivity index (χ2v) is 8.53. The van der Waals surface area contributed by atoms with Crippen LogP contribution in [0.3, 0.4) is 0 Å². The van der Waals surface area contributed by atoms with E-state index in [1.165, 1.54) is 18.5 Å². The first-order valence-corrected chi connectivity index (χ1v) is 10.4. The van der Waals surface area contributed by atoms with Gasteiger partial charge >= 0.3 is 6.18 Å². The van der Waals surface area contributed by atoms with Crippen LogP contribution in [0.25, 0.3) is 16.7 Å². The molecule has 168 valence electrons. The molecule has 0 N–H and O–H groups in total. The number of benzene rings is 2. The van der Waals surface area contributed by atoms with Gasteiger partial charge in [0, 0.05) is 23.2 Å². The minimum atomic E-state index is -4.43. The van der Waals surface area contributed by atoms with Crippen LogP contribution < -0.4 is 4.90 Å². The van der Waals surface area contributed by atoms with Gasteiger partial charge in [0.2, 0.25) is 0 Å². The second-order valence-electron chi connectivity index (χ2n) is 8.53. The maximum absolute atomic E-state index is 14.2. The maximum atomic E-state index is 14.2. The van der Waals surface area contributed by atoms with Crippen molar-refractivity contribution in [2.75, 3.05) is 11.4 Å². The number of nitrogens with zero attached hydrogens (tertiary/aromatic N) is 5. The molecule has 0 fully saturated rings. The molecule has 0 unspecified atom stereocenters. The van der Waals surface area contributed by atoms with Crippen LogP contribution in [0.1, 0.15) is 31.4 Å². The molecule has 0 saturated carbocycles. The Balaban J connectivity index is 1.67. The quantitative estimate of drug-likeness (QED) is 0.284. The molecule has 0 atom stereocenters. The summed E-state index contributed by atoms with van der Waals surface area (Å²) < 4.78 is 55.7. The largest absolute Gasteiger partial charge is 0.404 e. The van der Waals surface area contributed by atoms with Crippen molar-refractivity contribution in [1.82, 2.24) is 19.6 Å². The van der Waals surface area contributed by atoms with Crippen LogP contribution in [-0.4, -0.2) is 32.3 Å². The number of hydrogen-bond acceptors (Lipinski definition) is 4. The van der Waals surface area contributed by atoms with E-state index in [0.717, 1.165) is 31.5 Å². The Morgan fingerprint density at radius 2 is 1.91 bits per heavy atom. The first-order valence-electron chi connectivity index (χ1n) is 10.4. The van der Waals surface area contributed by atoms with E-state index in [4.69, 9.17) is 0 Å². The van der Waals surface area contributed by atoms with Crippen LogP contribution in [0.4, 0.5) is 29.1 Å². The van der Waals surface area contributed by atoms with Gasteiger partial charge in [0.05, 0.1) is 5.52 Å². The molecule has 5 nitrogen and oxygen atoms in total. The molecule has 4 aromatic rings. The van der Waals surface area contributed by atoms with Gasteiger partial charge in [-0.15, -0.1) is 10.2 Å². The molecular formula is C24H19F4N5.